The molecule has 0 saturated heterocycles. The van der Waals surface area contributed by atoms with Crippen molar-refractivity contribution in [3.63, 3.8) is 0 Å². The maximum absolute atomic E-state index is 12.9. The zero-order valence-corrected chi connectivity index (χ0v) is 18.9. The first-order valence-corrected chi connectivity index (χ1v) is 11.3. The number of anilines is 2. The van der Waals surface area contributed by atoms with E-state index in [9.17, 15) is 22.8 Å². The fourth-order valence-electron chi connectivity index (χ4n) is 4.14. The lowest BCUT2D eigenvalue weighted by atomic mass is 10.00. The van der Waals surface area contributed by atoms with Gasteiger partial charge < -0.3 is 10.2 Å². The number of alkyl halides is 3. The molecule has 1 aliphatic rings. The van der Waals surface area contributed by atoms with Gasteiger partial charge in [-0.05, 0) is 78.9 Å². The van der Waals surface area contributed by atoms with Gasteiger partial charge in [-0.3, -0.25) is 14.6 Å². The number of nitrogens with one attached hydrogen (secondary N) is 1. The smallest absolute Gasteiger partial charge is 0.322 e. The van der Waals surface area contributed by atoms with E-state index < -0.39 is 11.7 Å². The topological polar surface area (TPSA) is 62.3 Å². The van der Waals surface area contributed by atoms with Crippen LogP contribution in [0.3, 0.4) is 0 Å². The fourth-order valence-corrected chi connectivity index (χ4v) is 4.14. The summed E-state index contributed by atoms with van der Waals surface area (Å²) < 4.78 is 38.6. The van der Waals surface area contributed by atoms with E-state index in [1.165, 1.54) is 12.1 Å². The number of aromatic nitrogens is 1. The minimum atomic E-state index is -4.40. The van der Waals surface area contributed by atoms with Crippen LogP contribution in [0.1, 0.15) is 36.1 Å². The molecule has 4 rings (SSSR count). The molecule has 0 atom stereocenters. The molecule has 1 aromatic heterocycles. The molecule has 1 N–H and O–H groups in total. The van der Waals surface area contributed by atoms with Crippen molar-refractivity contribution in [2.75, 3.05) is 16.8 Å². The van der Waals surface area contributed by atoms with E-state index in [0.717, 1.165) is 36.2 Å². The highest BCUT2D eigenvalue weighted by molar-refractivity contribution is 6.09. The monoisotopic (exact) mass is 479 g/mol. The Morgan fingerprint density at radius 3 is 2.37 bits per heavy atom. The Morgan fingerprint density at radius 1 is 1.00 bits per heavy atom. The average molecular weight is 480 g/mol. The SMILES string of the molecule is O=CN(CCc1ccccn1)c1ccc(NC(=O)C2=C(c3ccc(C(F)(F)F)cc3)CCC2)cc1. The normalized spacial score (nSPS) is 13.6. The van der Waals surface area contributed by atoms with Crippen LogP contribution in [-0.4, -0.2) is 23.8 Å². The third kappa shape index (κ3) is 5.95. The van der Waals surface area contributed by atoms with E-state index >= 15 is 0 Å². The van der Waals surface area contributed by atoms with Gasteiger partial charge in [-0.2, -0.15) is 13.2 Å². The number of rotatable bonds is 8. The summed E-state index contributed by atoms with van der Waals surface area (Å²) >= 11 is 0. The first kappa shape index (κ1) is 24.2. The number of carbonyl (C=O) groups is 2. The first-order chi connectivity index (χ1) is 16.8. The van der Waals surface area contributed by atoms with Crippen molar-refractivity contribution in [3.8, 4) is 0 Å². The number of pyridine rings is 1. The van der Waals surface area contributed by atoms with Gasteiger partial charge in [-0.15, -0.1) is 0 Å². The number of halogens is 3. The molecular weight excluding hydrogens is 455 g/mol. The predicted molar refractivity (Wildman–Crippen MR) is 129 cm³/mol. The van der Waals surface area contributed by atoms with Gasteiger partial charge >= 0.3 is 6.18 Å². The van der Waals surface area contributed by atoms with Gasteiger partial charge in [0.25, 0.3) is 5.91 Å². The summed E-state index contributed by atoms with van der Waals surface area (Å²) in [6.45, 7) is 0.468. The molecular formula is C27H24F3N3O2. The molecule has 180 valence electrons. The number of carbonyl (C=O) groups excluding carboxylic acids is 2. The maximum Gasteiger partial charge on any atom is 0.416 e. The first-order valence-electron chi connectivity index (χ1n) is 11.3. The van der Waals surface area contributed by atoms with Crippen molar-refractivity contribution in [1.29, 1.82) is 0 Å². The standard InChI is InChI=1S/C27H24F3N3O2/c28-27(29,30)20-9-7-19(8-10-20)24-5-3-6-25(24)26(35)32-22-11-13-23(14-12-22)33(18-34)17-15-21-4-1-2-16-31-21/h1-2,4,7-14,16,18H,3,5-6,15,17H2,(H,32,35). The van der Waals surface area contributed by atoms with Gasteiger partial charge in [0, 0.05) is 41.8 Å². The summed E-state index contributed by atoms with van der Waals surface area (Å²) in [5, 5.41) is 2.87. The van der Waals surface area contributed by atoms with Gasteiger partial charge in [0.15, 0.2) is 0 Å². The Labute approximate surface area is 201 Å². The number of hydrogen-bond donors (Lipinski definition) is 1. The molecule has 0 saturated carbocycles. The Morgan fingerprint density at radius 2 is 1.74 bits per heavy atom. The Kier molecular flexibility index (Phi) is 7.29. The summed E-state index contributed by atoms with van der Waals surface area (Å²) in [6, 6.07) is 17.5. The molecule has 0 aliphatic heterocycles. The van der Waals surface area contributed by atoms with Crippen molar-refractivity contribution in [1.82, 2.24) is 4.98 Å². The van der Waals surface area contributed by atoms with E-state index in [2.05, 4.69) is 10.3 Å². The highest BCUT2D eigenvalue weighted by atomic mass is 19.4. The number of hydrogen-bond acceptors (Lipinski definition) is 3. The second-order valence-electron chi connectivity index (χ2n) is 8.26. The summed E-state index contributed by atoms with van der Waals surface area (Å²) in [6.07, 6.45) is 0.649. The fraction of sp³-hybridized carbons (Fsp3) is 0.222. The largest absolute Gasteiger partial charge is 0.416 e. The molecule has 0 spiro atoms. The van der Waals surface area contributed by atoms with E-state index in [-0.39, 0.29) is 5.91 Å². The van der Waals surface area contributed by atoms with E-state index in [0.29, 0.717) is 48.3 Å². The predicted octanol–water partition coefficient (Wildman–Crippen LogP) is 5.88. The van der Waals surface area contributed by atoms with Gasteiger partial charge in [0.05, 0.1) is 5.56 Å². The quantitative estimate of drug-likeness (QED) is 0.410. The highest BCUT2D eigenvalue weighted by Gasteiger charge is 2.30. The molecule has 2 aromatic carbocycles. The summed E-state index contributed by atoms with van der Waals surface area (Å²) in [5.74, 6) is -0.271. The van der Waals surface area contributed by atoms with Crippen molar-refractivity contribution < 1.29 is 22.8 Å². The Balaban J connectivity index is 1.43. The minimum absolute atomic E-state index is 0.271. The van der Waals surface area contributed by atoms with E-state index in [1.54, 1.807) is 35.4 Å². The summed E-state index contributed by atoms with van der Waals surface area (Å²) in [5.41, 5.74) is 3.42. The van der Waals surface area contributed by atoms with Crippen LogP contribution in [0.2, 0.25) is 0 Å². The van der Waals surface area contributed by atoms with E-state index in [4.69, 9.17) is 0 Å². The lowest BCUT2D eigenvalue weighted by molar-refractivity contribution is -0.137. The third-order valence-electron chi connectivity index (χ3n) is 5.97. The van der Waals surface area contributed by atoms with Crippen LogP contribution in [0.15, 0.2) is 78.5 Å². The van der Waals surface area contributed by atoms with Gasteiger partial charge in [-0.25, -0.2) is 0 Å². The third-order valence-corrected chi connectivity index (χ3v) is 5.97. The van der Waals surface area contributed by atoms with Crippen LogP contribution in [0, 0.1) is 0 Å². The van der Waals surface area contributed by atoms with Crippen molar-refractivity contribution in [2.45, 2.75) is 31.9 Å². The van der Waals surface area contributed by atoms with Gasteiger partial charge in [0.2, 0.25) is 6.41 Å². The lowest BCUT2D eigenvalue weighted by Crippen LogP contribution is -2.24. The molecule has 5 nitrogen and oxygen atoms in total. The van der Waals surface area contributed by atoms with Crippen molar-refractivity contribution >= 4 is 29.3 Å². The highest BCUT2D eigenvalue weighted by Crippen LogP contribution is 2.36. The Bertz CT molecular complexity index is 1210. The molecule has 0 unspecified atom stereocenters. The lowest BCUT2D eigenvalue weighted by Gasteiger charge is -2.18. The van der Waals surface area contributed by atoms with Crippen molar-refractivity contribution in [2.24, 2.45) is 0 Å². The molecule has 0 radical (unpaired) electrons. The van der Waals surface area contributed by atoms with Crippen LogP contribution in [0.25, 0.3) is 5.57 Å². The summed E-state index contributed by atoms with van der Waals surface area (Å²) in [4.78, 5) is 30.3. The molecule has 0 bridgehead atoms. The van der Waals surface area contributed by atoms with Gasteiger partial charge in [-0.1, -0.05) is 18.2 Å². The van der Waals surface area contributed by atoms with Crippen molar-refractivity contribution in [3.05, 3.63) is 95.3 Å². The maximum atomic E-state index is 12.9. The zero-order valence-electron chi connectivity index (χ0n) is 18.9. The molecule has 1 heterocycles. The molecule has 1 aliphatic carbocycles. The number of amides is 2. The van der Waals surface area contributed by atoms with Crippen LogP contribution in [0.5, 0.6) is 0 Å². The minimum Gasteiger partial charge on any atom is -0.322 e. The van der Waals surface area contributed by atoms with E-state index in [1.807, 2.05) is 18.2 Å². The van der Waals surface area contributed by atoms with Crippen LogP contribution in [-0.2, 0) is 22.2 Å². The molecule has 3 aromatic rings. The van der Waals surface area contributed by atoms with Crippen LogP contribution < -0.4 is 10.2 Å². The molecule has 0 fully saturated rings. The molecule has 8 heteroatoms. The number of benzene rings is 2. The average Bonchev–Trinajstić information content (AvgIpc) is 3.36. The van der Waals surface area contributed by atoms with Crippen LogP contribution in [0.4, 0.5) is 24.5 Å². The number of nitrogens with zero attached hydrogens (tertiary/aromatic N) is 2. The molecule has 2 amide bonds. The van der Waals surface area contributed by atoms with Gasteiger partial charge in [0.1, 0.15) is 0 Å². The zero-order chi connectivity index (χ0) is 24.8. The second kappa shape index (κ2) is 10.5. The second-order valence-corrected chi connectivity index (χ2v) is 8.26. The summed E-state index contributed by atoms with van der Waals surface area (Å²) in [7, 11) is 0. The van der Waals surface area contributed by atoms with Crippen LogP contribution >= 0.6 is 0 Å². The molecule has 35 heavy (non-hydrogen) atoms. The Hall–Kier alpha value is -3.94. The number of allylic oxidation sites excluding steroid dienone is 1.